The highest BCUT2D eigenvalue weighted by Crippen LogP contribution is 2.23. The van der Waals surface area contributed by atoms with Crippen molar-refractivity contribution < 1.29 is 29.4 Å². The number of nitrogens with zero attached hydrogens (tertiary/aromatic N) is 1. The van der Waals surface area contributed by atoms with Crippen molar-refractivity contribution in [2.45, 2.75) is 12.2 Å². The summed E-state index contributed by atoms with van der Waals surface area (Å²) < 4.78 is 13.1. The monoisotopic (exact) mass is 245 g/mol. The summed E-state index contributed by atoms with van der Waals surface area (Å²) in [7, 11) is 0. The number of carboxylic acids is 1. The molecule has 1 aromatic carbocycles. The summed E-state index contributed by atoms with van der Waals surface area (Å²) in [5.41, 5.74) is -1.06. The molecule has 0 fully saturated rings. The van der Waals surface area contributed by atoms with Gasteiger partial charge >= 0.3 is 11.7 Å². The number of nitro benzene ring substituents is 1. The zero-order chi connectivity index (χ0) is 13.2. The average Bonchev–Trinajstić information content (AvgIpc) is 2.26. The van der Waals surface area contributed by atoms with Crippen molar-refractivity contribution in [2.24, 2.45) is 0 Å². The number of aliphatic carboxylic acids is 1. The fourth-order valence-corrected chi connectivity index (χ4v) is 1.17. The molecule has 8 heteroatoms. The molecule has 0 saturated heterocycles. The molecule has 2 unspecified atom stereocenters. The van der Waals surface area contributed by atoms with Crippen molar-refractivity contribution in [2.75, 3.05) is 0 Å². The Balaban J connectivity index is 3.05. The third-order valence-electron chi connectivity index (χ3n) is 2.06. The molecule has 0 saturated carbocycles. The van der Waals surface area contributed by atoms with Gasteiger partial charge in [0.05, 0.1) is 4.92 Å². The smallest absolute Gasteiger partial charge is 0.335 e. The zero-order valence-electron chi connectivity index (χ0n) is 8.28. The van der Waals surface area contributed by atoms with Gasteiger partial charge in [-0.15, -0.1) is 0 Å². The first kappa shape index (κ1) is 13.0. The molecular formula is C9H8FNO6. The molecule has 17 heavy (non-hydrogen) atoms. The van der Waals surface area contributed by atoms with Crippen LogP contribution in [0.4, 0.5) is 10.1 Å². The number of aliphatic hydroxyl groups is 2. The molecule has 7 nitrogen and oxygen atoms in total. The topological polar surface area (TPSA) is 121 Å². The van der Waals surface area contributed by atoms with Gasteiger partial charge < -0.3 is 15.3 Å². The molecular weight excluding hydrogens is 237 g/mol. The molecule has 0 heterocycles. The Morgan fingerprint density at radius 2 is 2.00 bits per heavy atom. The number of hydrogen-bond donors (Lipinski definition) is 3. The van der Waals surface area contributed by atoms with Crippen molar-refractivity contribution in [3.63, 3.8) is 0 Å². The van der Waals surface area contributed by atoms with Crippen molar-refractivity contribution in [3.8, 4) is 0 Å². The van der Waals surface area contributed by atoms with E-state index >= 15 is 0 Å². The van der Waals surface area contributed by atoms with Crippen LogP contribution in [0.2, 0.25) is 0 Å². The second kappa shape index (κ2) is 4.85. The van der Waals surface area contributed by atoms with E-state index < -0.39 is 34.6 Å². The maximum absolute atomic E-state index is 13.1. The summed E-state index contributed by atoms with van der Waals surface area (Å²) in [4.78, 5) is 19.7. The lowest BCUT2D eigenvalue weighted by molar-refractivity contribution is -0.387. The first-order valence-corrected chi connectivity index (χ1v) is 4.37. The zero-order valence-corrected chi connectivity index (χ0v) is 8.28. The van der Waals surface area contributed by atoms with Gasteiger partial charge in [0, 0.05) is 6.07 Å². The molecule has 1 aromatic rings. The number of aliphatic hydroxyl groups excluding tert-OH is 2. The fourth-order valence-electron chi connectivity index (χ4n) is 1.17. The van der Waals surface area contributed by atoms with E-state index in [9.17, 15) is 24.4 Å². The SMILES string of the molecule is O=C(O)C(O)C(O)c1ccc([N+](=O)[O-])c(F)c1. The van der Waals surface area contributed by atoms with Gasteiger partial charge in [-0.05, 0) is 17.7 Å². The third-order valence-corrected chi connectivity index (χ3v) is 2.06. The molecule has 0 aliphatic rings. The van der Waals surface area contributed by atoms with Crippen LogP contribution in [-0.2, 0) is 4.79 Å². The number of carbonyl (C=O) groups is 1. The normalized spacial score (nSPS) is 14.1. The van der Waals surface area contributed by atoms with Crippen LogP contribution in [0, 0.1) is 15.9 Å². The van der Waals surface area contributed by atoms with Gasteiger partial charge in [-0.3, -0.25) is 10.1 Å². The molecule has 0 bridgehead atoms. The van der Waals surface area contributed by atoms with Gasteiger partial charge in [0.2, 0.25) is 5.82 Å². The number of benzene rings is 1. The third kappa shape index (κ3) is 2.74. The molecule has 0 radical (unpaired) electrons. The number of hydrogen-bond acceptors (Lipinski definition) is 5. The number of nitro groups is 1. The van der Waals surface area contributed by atoms with E-state index in [0.717, 1.165) is 12.1 Å². The van der Waals surface area contributed by atoms with Crippen LogP contribution in [-0.4, -0.2) is 32.3 Å². The van der Waals surface area contributed by atoms with Crippen LogP contribution in [0.3, 0.4) is 0 Å². The molecule has 0 aliphatic heterocycles. The van der Waals surface area contributed by atoms with Crippen LogP contribution >= 0.6 is 0 Å². The fraction of sp³-hybridized carbons (Fsp3) is 0.222. The molecule has 1 rings (SSSR count). The molecule has 2 atom stereocenters. The first-order valence-electron chi connectivity index (χ1n) is 4.37. The van der Waals surface area contributed by atoms with E-state index in [1.165, 1.54) is 0 Å². The average molecular weight is 245 g/mol. The minimum Gasteiger partial charge on any atom is -0.479 e. The van der Waals surface area contributed by atoms with E-state index in [0.29, 0.717) is 6.07 Å². The maximum Gasteiger partial charge on any atom is 0.335 e. The maximum atomic E-state index is 13.1. The van der Waals surface area contributed by atoms with Crippen LogP contribution in [0.1, 0.15) is 11.7 Å². The summed E-state index contributed by atoms with van der Waals surface area (Å²) in [6.45, 7) is 0. The minimum atomic E-state index is -2.13. The molecule has 92 valence electrons. The Kier molecular flexibility index (Phi) is 3.71. The second-order valence-electron chi connectivity index (χ2n) is 3.20. The van der Waals surface area contributed by atoms with Gasteiger partial charge in [0.25, 0.3) is 0 Å². The highest BCUT2D eigenvalue weighted by Gasteiger charge is 2.26. The Morgan fingerprint density at radius 3 is 2.41 bits per heavy atom. The van der Waals surface area contributed by atoms with E-state index in [1.807, 2.05) is 0 Å². The van der Waals surface area contributed by atoms with Crippen molar-refractivity contribution >= 4 is 11.7 Å². The van der Waals surface area contributed by atoms with Gasteiger partial charge in [-0.25, -0.2) is 4.79 Å². The van der Waals surface area contributed by atoms with Crippen LogP contribution in [0.15, 0.2) is 18.2 Å². The quantitative estimate of drug-likeness (QED) is 0.515. The van der Waals surface area contributed by atoms with E-state index in [1.54, 1.807) is 0 Å². The van der Waals surface area contributed by atoms with Gasteiger partial charge in [0.1, 0.15) is 6.10 Å². The predicted octanol–water partition coefficient (Wildman–Crippen LogP) is 0.213. The van der Waals surface area contributed by atoms with Crippen LogP contribution < -0.4 is 0 Å². The number of rotatable bonds is 4. The summed E-state index contributed by atoms with van der Waals surface area (Å²) in [6.07, 6.45) is -3.99. The lowest BCUT2D eigenvalue weighted by Crippen LogP contribution is -2.27. The molecule has 3 N–H and O–H groups in total. The van der Waals surface area contributed by atoms with E-state index in [-0.39, 0.29) is 5.56 Å². The van der Waals surface area contributed by atoms with Crippen molar-refractivity contribution in [1.82, 2.24) is 0 Å². The number of carboxylic acid groups (broad SMARTS) is 1. The standard InChI is InChI=1S/C9H8FNO6/c10-5-3-4(1-2-6(5)11(16)17)7(12)8(13)9(14)15/h1-3,7-8,12-13H,(H,14,15). The minimum absolute atomic E-state index is 0.261. The molecule has 0 amide bonds. The summed E-state index contributed by atoms with van der Waals surface area (Å²) >= 11 is 0. The predicted molar refractivity (Wildman–Crippen MR) is 51.7 cm³/mol. The van der Waals surface area contributed by atoms with Crippen molar-refractivity contribution in [1.29, 1.82) is 0 Å². The van der Waals surface area contributed by atoms with Gasteiger partial charge in [-0.1, -0.05) is 0 Å². The Labute approximate surface area is 93.9 Å². The van der Waals surface area contributed by atoms with E-state index in [4.69, 9.17) is 10.2 Å². The first-order chi connectivity index (χ1) is 7.84. The summed E-state index contributed by atoms with van der Waals surface area (Å²) in [5, 5.41) is 37.1. The highest BCUT2D eigenvalue weighted by molar-refractivity contribution is 5.73. The Bertz CT molecular complexity index is 463. The van der Waals surface area contributed by atoms with Gasteiger partial charge in [0.15, 0.2) is 6.10 Å². The lowest BCUT2D eigenvalue weighted by Gasteiger charge is -2.13. The van der Waals surface area contributed by atoms with E-state index in [2.05, 4.69) is 0 Å². The largest absolute Gasteiger partial charge is 0.479 e. The Morgan fingerprint density at radius 1 is 1.41 bits per heavy atom. The Hall–Kier alpha value is -2.06. The molecule has 0 aromatic heterocycles. The van der Waals surface area contributed by atoms with Gasteiger partial charge in [-0.2, -0.15) is 4.39 Å². The number of halogens is 1. The van der Waals surface area contributed by atoms with Crippen LogP contribution in [0.25, 0.3) is 0 Å². The van der Waals surface area contributed by atoms with Crippen molar-refractivity contribution in [3.05, 3.63) is 39.7 Å². The molecule has 0 aliphatic carbocycles. The summed E-state index contributed by atoms with van der Waals surface area (Å²) in [5.74, 6) is -2.90. The highest BCUT2D eigenvalue weighted by atomic mass is 19.1. The summed E-state index contributed by atoms with van der Waals surface area (Å²) in [6, 6.07) is 2.36. The van der Waals surface area contributed by atoms with Crippen LogP contribution in [0.5, 0.6) is 0 Å². The molecule has 0 spiro atoms. The lowest BCUT2D eigenvalue weighted by atomic mass is 10.0. The second-order valence-corrected chi connectivity index (χ2v) is 3.20.